The fraction of sp³-hybridized carbons (Fsp3) is 0.385. The highest BCUT2D eigenvalue weighted by Crippen LogP contribution is 2.21. The van der Waals surface area contributed by atoms with E-state index in [0.717, 1.165) is 0 Å². The van der Waals surface area contributed by atoms with E-state index in [9.17, 15) is 9.90 Å². The lowest BCUT2D eigenvalue weighted by molar-refractivity contribution is 0.0597. The van der Waals surface area contributed by atoms with E-state index in [-0.39, 0.29) is 17.6 Å². The fourth-order valence-corrected chi connectivity index (χ4v) is 1.95. The minimum Gasteiger partial charge on any atom is -0.494 e. The van der Waals surface area contributed by atoms with Crippen LogP contribution in [0.4, 0.5) is 0 Å². The number of nitrogens with one attached hydrogen (secondary N) is 1. The molecule has 0 amide bonds. The van der Waals surface area contributed by atoms with Crippen molar-refractivity contribution >= 4 is 11.5 Å². The first-order valence-corrected chi connectivity index (χ1v) is 6.03. The Balaban J connectivity index is 2.60. The summed E-state index contributed by atoms with van der Waals surface area (Å²) in [6.45, 7) is 2.00. The second-order valence-corrected chi connectivity index (χ2v) is 4.37. The molecule has 2 rings (SSSR count). The standard InChI is InChI=1S/C13H17N3O3/c1-8(14-2)7-10-15-12(13(18)19-3)9-5-4-6-11(17)16(9)10/h4-6,8,14,17H,7H2,1-3H3. The first-order valence-electron chi connectivity index (χ1n) is 6.03. The van der Waals surface area contributed by atoms with Crippen molar-refractivity contribution in [3.05, 3.63) is 29.7 Å². The highest BCUT2D eigenvalue weighted by Gasteiger charge is 2.20. The van der Waals surface area contributed by atoms with E-state index in [0.29, 0.717) is 17.8 Å². The Morgan fingerprint density at radius 3 is 2.95 bits per heavy atom. The van der Waals surface area contributed by atoms with Crippen LogP contribution in [-0.2, 0) is 11.2 Å². The fourth-order valence-electron chi connectivity index (χ4n) is 1.95. The second kappa shape index (κ2) is 5.27. The second-order valence-electron chi connectivity index (χ2n) is 4.37. The molecule has 0 aromatic carbocycles. The van der Waals surface area contributed by atoms with E-state index < -0.39 is 5.97 Å². The summed E-state index contributed by atoms with van der Waals surface area (Å²) in [5.74, 6) is 0.167. The molecule has 6 heteroatoms. The topological polar surface area (TPSA) is 75.9 Å². The zero-order valence-corrected chi connectivity index (χ0v) is 11.2. The molecule has 102 valence electrons. The Kier molecular flexibility index (Phi) is 3.71. The van der Waals surface area contributed by atoms with Gasteiger partial charge in [-0.2, -0.15) is 0 Å². The lowest BCUT2D eigenvalue weighted by Crippen LogP contribution is -2.24. The highest BCUT2D eigenvalue weighted by molar-refractivity contribution is 5.95. The molecule has 0 aliphatic heterocycles. The highest BCUT2D eigenvalue weighted by atomic mass is 16.5. The predicted octanol–water partition coefficient (Wildman–Crippen LogP) is 0.977. The number of carbonyl (C=O) groups is 1. The van der Waals surface area contributed by atoms with Crippen LogP contribution in [0.3, 0.4) is 0 Å². The van der Waals surface area contributed by atoms with Crippen molar-refractivity contribution in [2.24, 2.45) is 0 Å². The van der Waals surface area contributed by atoms with Gasteiger partial charge in [0.1, 0.15) is 5.82 Å². The van der Waals surface area contributed by atoms with Crippen molar-refractivity contribution in [3.63, 3.8) is 0 Å². The maximum absolute atomic E-state index is 11.7. The van der Waals surface area contributed by atoms with Gasteiger partial charge in [0, 0.05) is 12.5 Å². The van der Waals surface area contributed by atoms with Crippen LogP contribution in [0.25, 0.3) is 5.52 Å². The Morgan fingerprint density at radius 1 is 1.58 bits per heavy atom. The van der Waals surface area contributed by atoms with Crippen LogP contribution >= 0.6 is 0 Å². The van der Waals surface area contributed by atoms with Gasteiger partial charge in [-0.05, 0) is 26.1 Å². The third-order valence-corrected chi connectivity index (χ3v) is 3.07. The third-order valence-electron chi connectivity index (χ3n) is 3.07. The van der Waals surface area contributed by atoms with Crippen molar-refractivity contribution in [3.8, 4) is 5.88 Å². The number of fused-ring (bicyclic) bond motifs is 1. The number of esters is 1. The summed E-state index contributed by atoms with van der Waals surface area (Å²) in [4.78, 5) is 16.0. The van der Waals surface area contributed by atoms with Gasteiger partial charge in [-0.25, -0.2) is 9.78 Å². The zero-order valence-electron chi connectivity index (χ0n) is 11.2. The van der Waals surface area contributed by atoms with Gasteiger partial charge in [-0.3, -0.25) is 4.40 Å². The van der Waals surface area contributed by atoms with Gasteiger partial charge in [0.25, 0.3) is 0 Å². The molecule has 0 bridgehead atoms. The number of rotatable bonds is 4. The van der Waals surface area contributed by atoms with Crippen LogP contribution in [-0.4, -0.2) is 40.7 Å². The van der Waals surface area contributed by atoms with Crippen LogP contribution in [0.2, 0.25) is 0 Å². The van der Waals surface area contributed by atoms with Gasteiger partial charge in [0.15, 0.2) is 11.6 Å². The molecule has 2 heterocycles. The molecule has 0 radical (unpaired) electrons. The lowest BCUT2D eigenvalue weighted by atomic mass is 10.2. The molecule has 0 aliphatic carbocycles. The van der Waals surface area contributed by atoms with Crippen LogP contribution in [0.5, 0.6) is 5.88 Å². The number of carbonyl (C=O) groups excluding carboxylic acids is 1. The summed E-state index contributed by atoms with van der Waals surface area (Å²) in [7, 11) is 3.16. The monoisotopic (exact) mass is 263 g/mol. The summed E-state index contributed by atoms with van der Waals surface area (Å²) >= 11 is 0. The normalized spacial score (nSPS) is 12.6. The predicted molar refractivity (Wildman–Crippen MR) is 70.4 cm³/mol. The third kappa shape index (κ3) is 2.39. The average molecular weight is 263 g/mol. The summed E-state index contributed by atoms with van der Waals surface area (Å²) in [6.07, 6.45) is 0.590. The maximum Gasteiger partial charge on any atom is 0.358 e. The number of pyridine rings is 1. The first kappa shape index (κ1) is 13.4. The number of methoxy groups -OCH3 is 1. The molecule has 0 aliphatic rings. The summed E-state index contributed by atoms with van der Waals surface area (Å²) in [5, 5.41) is 13.1. The molecule has 2 aromatic heterocycles. The van der Waals surface area contributed by atoms with Crippen molar-refractivity contribution in [2.45, 2.75) is 19.4 Å². The molecule has 2 aromatic rings. The SMILES string of the molecule is CNC(C)Cc1nc(C(=O)OC)c2cccc(O)n12. The van der Waals surface area contributed by atoms with E-state index in [4.69, 9.17) is 4.74 Å². The minimum absolute atomic E-state index is 0.0541. The van der Waals surface area contributed by atoms with Gasteiger partial charge in [0.2, 0.25) is 0 Å². The van der Waals surface area contributed by atoms with Gasteiger partial charge in [-0.1, -0.05) is 6.07 Å². The zero-order chi connectivity index (χ0) is 14.0. The van der Waals surface area contributed by atoms with Crippen molar-refractivity contribution in [1.82, 2.24) is 14.7 Å². The van der Waals surface area contributed by atoms with Gasteiger partial charge < -0.3 is 15.2 Å². The molecule has 0 spiro atoms. The molecule has 6 nitrogen and oxygen atoms in total. The summed E-state index contributed by atoms with van der Waals surface area (Å²) in [5.41, 5.74) is 0.766. The number of aromatic nitrogens is 2. The maximum atomic E-state index is 11.7. The number of ether oxygens (including phenoxy) is 1. The molecular formula is C13H17N3O3. The quantitative estimate of drug-likeness (QED) is 0.804. The number of hydrogen-bond acceptors (Lipinski definition) is 5. The van der Waals surface area contributed by atoms with E-state index in [2.05, 4.69) is 10.3 Å². The van der Waals surface area contributed by atoms with Crippen LogP contribution in [0.15, 0.2) is 18.2 Å². The van der Waals surface area contributed by atoms with Crippen molar-refractivity contribution in [1.29, 1.82) is 0 Å². The Hall–Kier alpha value is -2.08. The summed E-state index contributed by atoms with van der Waals surface area (Å²) < 4.78 is 6.29. The summed E-state index contributed by atoms with van der Waals surface area (Å²) in [6, 6.07) is 5.13. The minimum atomic E-state index is -0.508. The molecule has 0 saturated carbocycles. The number of aromatic hydroxyl groups is 1. The molecule has 2 N–H and O–H groups in total. The number of hydrogen-bond donors (Lipinski definition) is 2. The Morgan fingerprint density at radius 2 is 2.32 bits per heavy atom. The van der Waals surface area contributed by atoms with Gasteiger partial charge >= 0.3 is 5.97 Å². The van der Waals surface area contributed by atoms with Gasteiger partial charge in [-0.15, -0.1) is 0 Å². The number of likely N-dealkylation sites (N-methyl/N-ethyl adjacent to an activating group) is 1. The lowest BCUT2D eigenvalue weighted by Gasteiger charge is -2.09. The Labute approximate surface area is 111 Å². The molecular weight excluding hydrogens is 246 g/mol. The molecule has 19 heavy (non-hydrogen) atoms. The van der Waals surface area contributed by atoms with Crippen LogP contribution in [0, 0.1) is 0 Å². The van der Waals surface area contributed by atoms with Crippen molar-refractivity contribution in [2.75, 3.05) is 14.2 Å². The van der Waals surface area contributed by atoms with E-state index in [1.807, 2.05) is 14.0 Å². The molecule has 0 saturated heterocycles. The molecule has 0 fully saturated rings. The van der Waals surface area contributed by atoms with Crippen LogP contribution < -0.4 is 5.32 Å². The van der Waals surface area contributed by atoms with Gasteiger partial charge in [0.05, 0.1) is 12.6 Å². The van der Waals surface area contributed by atoms with E-state index in [1.54, 1.807) is 22.6 Å². The Bertz CT molecular complexity index is 606. The molecule has 1 atom stereocenters. The first-order chi connectivity index (χ1) is 9.08. The van der Waals surface area contributed by atoms with Crippen LogP contribution in [0.1, 0.15) is 23.2 Å². The smallest absolute Gasteiger partial charge is 0.358 e. The average Bonchev–Trinajstić information content (AvgIpc) is 2.78. The van der Waals surface area contributed by atoms with E-state index >= 15 is 0 Å². The van der Waals surface area contributed by atoms with Crippen molar-refractivity contribution < 1.29 is 14.6 Å². The number of imidazole rings is 1. The molecule has 1 unspecified atom stereocenters. The largest absolute Gasteiger partial charge is 0.494 e. The number of nitrogens with zero attached hydrogens (tertiary/aromatic N) is 2. The van der Waals surface area contributed by atoms with E-state index in [1.165, 1.54) is 7.11 Å².